The SMILES string of the molecule is C[C@H](C(=O)[O-])[C@H](c1ccc2c(c1)OC1(CC2)CCN(c2ccccc2C(F)(F)F)CC1)C1CC1.[Na+]. The molecule has 5 rings (SSSR count). The Morgan fingerprint density at radius 3 is 2.43 bits per heavy atom. The molecule has 1 aliphatic carbocycles. The summed E-state index contributed by atoms with van der Waals surface area (Å²) in [6.45, 7) is 2.71. The molecule has 182 valence electrons. The Labute approximate surface area is 226 Å². The Kier molecular flexibility index (Phi) is 7.52. The number of para-hydroxylation sites is 1. The van der Waals surface area contributed by atoms with Gasteiger partial charge in [0.1, 0.15) is 11.4 Å². The Hall–Kier alpha value is -1.70. The molecular weight excluding hydrogens is 466 g/mol. The van der Waals surface area contributed by atoms with Crippen molar-refractivity contribution in [2.75, 3.05) is 18.0 Å². The number of anilines is 1. The smallest absolute Gasteiger partial charge is 0.550 e. The zero-order chi connectivity index (χ0) is 24.1. The van der Waals surface area contributed by atoms with Gasteiger partial charge in [-0.25, -0.2) is 0 Å². The molecule has 2 fully saturated rings. The number of ether oxygens (including phenoxy) is 1. The van der Waals surface area contributed by atoms with E-state index in [4.69, 9.17) is 4.74 Å². The number of hydrogen-bond donors (Lipinski definition) is 0. The van der Waals surface area contributed by atoms with E-state index in [0.29, 0.717) is 31.8 Å². The summed E-state index contributed by atoms with van der Waals surface area (Å²) >= 11 is 0. The second-order valence-electron chi connectivity index (χ2n) is 10.1. The molecule has 0 amide bonds. The van der Waals surface area contributed by atoms with E-state index in [1.165, 1.54) is 6.07 Å². The Morgan fingerprint density at radius 1 is 1.11 bits per heavy atom. The van der Waals surface area contributed by atoms with E-state index in [0.717, 1.165) is 48.6 Å². The third kappa shape index (κ3) is 5.37. The normalized spacial score (nSPS) is 20.9. The number of nitrogens with zero attached hydrogens (tertiary/aromatic N) is 1. The molecule has 0 aromatic heterocycles. The number of carbonyl (C=O) groups excluding carboxylic acids is 1. The van der Waals surface area contributed by atoms with Gasteiger partial charge in [-0.3, -0.25) is 0 Å². The van der Waals surface area contributed by atoms with Crippen molar-refractivity contribution in [1.29, 1.82) is 0 Å². The molecule has 2 aromatic rings. The fourth-order valence-corrected chi connectivity index (χ4v) is 5.79. The molecular formula is C27H29F3NNaO3. The van der Waals surface area contributed by atoms with Gasteiger partial charge in [0, 0.05) is 43.5 Å². The standard InChI is InChI=1S/C27H30F3NO3.Na/c1-17(25(32)33)24(19-7-8-19)20-9-6-18-10-11-26(34-23(18)16-20)12-14-31(15-13-26)22-5-3-2-4-21(22)27(28,29)30;/h2-6,9,16-17,19,24H,7-8,10-15H2,1H3,(H,32,33);/q;+1/p-1/t17-,24-;/m0./s1. The average Bonchev–Trinajstić information content (AvgIpc) is 3.64. The first-order valence-corrected chi connectivity index (χ1v) is 12.1. The molecule has 2 aliphatic heterocycles. The van der Waals surface area contributed by atoms with Crippen LogP contribution in [0.1, 0.15) is 61.6 Å². The van der Waals surface area contributed by atoms with E-state index in [1.807, 2.05) is 23.1 Å². The minimum Gasteiger partial charge on any atom is -0.550 e. The minimum atomic E-state index is -4.39. The van der Waals surface area contributed by atoms with Gasteiger partial charge >= 0.3 is 35.7 Å². The number of benzene rings is 2. The second-order valence-corrected chi connectivity index (χ2v) is 10.1. The van der Waals surface area contributed by atoms with Gasteiger partial charge in [0.25, 0.3) is 0 Å². The molecule has 0 N–H and O–H groups in total. The van der Waals surface area contributed by atoms with Crippen molar-refractivity contribution < 1.29 is 57.4 Å². The van der Waals surface area contributed by atoms with Crippen molar-refractivity contribution in [3.63, 3.8) is 0 Å². The third-order valence-electron chi connectivity index (χ3n) is 7.92. The molecule has 0 radical (unpaired) electrons. The summed E-state index contributed by atoms with van der Waals surface area (Å²) in [5.41, 5.74) is 1.32. The van der Waals surface area contributed by atoms with Gasteiger partial charge in [-0.05, 0) is 66.8 Å². The maximum Gasteiger partial charge on any atom is 1.00 e. The largest absolute Gasteiger partial charge is 1.00 e. The molecule has 1 spiro atoms. The van der Waals surface area contributed by atoms with E-state index < -0.39 is 29.2 Å². The fraction of sp³-hybridized carbons (Fsp3) is 0.519. The van der Waals surface area contributed by atoms with Crippen LogP contribution in [0, 0.1) is 11.8 Å². The molecule has 35 heavy (non-hydrogen) atoms. The minimum absolute atomic E-state index is 0. The van der Waals surface area contributed by atoms with Crippen molar-refractivity contribution in [3.05, 3.63) is 59.2 Å². The van der Waals surface area contributed by atoms with Crippen LogP contribution < -0.4 is 44.3 Å². The zero-order valence-electron chi connectivity index (χ0n) is 20.2. The molecule has 2 aromatic carbocycles. The summed E-state index contributed by atoms with van der Waals surface area (Å²) in [6.07, 6.45) is 0.630. The molecule has 2 atom stereocenters. The van der Waals surface area contributed by atoms with Crippen LogP contribution in [0.2, 0.25) is 0 Å². The van der Waals surface area contributed by atoms with Gasteiger partial charge in [-0.1, -0.05) is 31.2 Å². The molecule has 0 unspecified atom stereocenters. The van der Waals surface area contributed by atoms with Crippen molar-refractivity contribution in [3.8, 4) is 5.75 Å². The molecule has 2 heterocycles. The second kappa shape index (κ2) is 9.98. The molecule has 1 saturated carbocycles. The Bertz CT molecular complexity index is 1080. The number of piperidine rings is 1. The topological polar surface area (TPSA) is 52.6 Å². The number of halogens is 3. The number of aryl methyl sites for hydroxylation is 1. The number of carboxylic acids is 1. The van der Waals surface area contributed by atoms with E-state index in [2.05, 4.69) is 0 Å². The number of carbonyl (C=O) groups is 1. The van der Waals surface area contributed by atoms with Gasteiger partial charge in [-0.15, -0.1) is 0 Å². The Balaban J connectivity index is 0.00000289. The number of fused-ring (bicyclic) bond motifs is 1. The first-order valence-electron chi connectivity index (χ1n) is 12.1. The quantitative estimate of drug-likeness (QED) is 0.596. The van der Waals surface area contributed by atoms with Crippen molar-refractivity contribution >= 4 is 11.7 Å². The first kappa shape index (κ1) is 26.4. The number of carboxylic acid groups (broad SMARTS) is 1. The van der Waals surface area contributed by atoms with Crippen LogP contribution in [-0.2, 0) is 17.4 Å². The predicted molar refractivity (Wildman–Crippen MR) is 121 cm³/mol. The maximum atomic E-state index is 13.5. The Morgan fingerprint density at radius 2 is 1.80 bits per heavy atom. The van der Waals surface area contributed by atoms with Crippen LogP contribution in [0.15, 0.2) is 42.5 Å². The monoisotopic (exact) mass is 495 g/mol. The van der Waals surface area contributed by atoms with Crippen molar-refractivity contribution in [1.82, 2.24) is 0 Å². The van der Waals surface area contributed by atoms with Crippen LogP contribution in [0.5, 0.6) is 5.75 Å². The summed E-state index contributed by atoms with van der Waals surface area (Å²) in [4.78, 5) is 13.4. The number of aliphatic carboxylic acids is 1. The average molecular weight is 496 g/mol. The summed E-state index contributed by atoms with van der Waals surface area (Å²) in [7, 11) is 0. The van der Waals surface area contributed by atoms with Crippen LogP contribution >= 0.6 is 0 Å². The maximum absolute atomic E-state index is 13.5. The van der Waals surface area contributed by atoms with E-state index in [-0.39, 0.29) is 41.2 Å². The first-order chi connectivity index (χ1) is 16.2. The molecule has 4 nitrogen and oxygen atoms in total. The summed E-state index contributed by atoms with van der Waals surface area (Å²) in [6, 6.07) is 11.8. The van der Waals surface area contributed by atoms with E-state index in [9.17, 15) is 23.1 Å². The van der Waals surface area contributed by atoms with Crippen LogP contribution in [-0.4, -0.2) is 24.7 Å². The van der Waals surface area contributed by atoms with Crippen LogP contribution in [0.4, 0.5) is 18.9 Å². The predicted octanol–water partition coefficient (Wildman–Crippen LogP) is 1.95. The van der Waals surface area contributed by atoms with Gasteiger partial charge in [0.2, 0.25) is 0 Å². The molecule has 0 bridgehead atoms. The molecule has 1 saturated heterocycles. The molecule has 3 aliphatic rings. The summed E-state index contributed by atoms with van der Waals surface area (Å²) < 4.78 is 47.0. The fourth-order valence-electron chi connectivity index (χ4n) is 5.79. The van der Waals surface area contributed by atoms with Crippen molar-refractivity contribution in [2.45, 2.75) is 63.1 Å². The number of alkyl halides is 3. The number of hydrogen-bond acceptors (Lipinski definition) is 4. The van der Waals surface area contributed by atoms with Gasteiger partial charge in [-0.2, -0.15) is 13.2 Å². The molecule has 8 heteroatoms. The van der Waals surface area contributed by atoms with Gasteiger partial charge < -0.3 is 19.5 Å². The van der Waals surface area contributed by atoms with E-state index in [1.54, 1.807) is 19.1 Å². The zero-order valence-corrected chi connectivity index (χ0v) is 22.2. The van der Waals surface area contributed by atoms with Gasteiger partial charge in [0.05, 0.1) is 5.56 Å². The number of rotatable bonds is 5. The van der Waals surface area contributed by atoms with Crippen LogP contribution in [0.25, 0.3) is 0 Å². The van der Waals surface area contributed by atoms with E-state index >= 15 is 0 Å². The van der Waals surface area contributed by atoms with Crippen LogP contribution in [0.3, 0.4) is 0 Å². The van der Waals surface area contributed by atoms with Gasteiger partial charge in [0.15, 0.2) is 0 Å². The third-order valence-corrected chi connectivity index (χ3v) is 7.92. The summed E-state index contributed by atoms with van der Waals surface area (Å²) in [5.74, 6) is -0.527. The summed E-state index contributed by atoms with van der Waals surface area (Å²) in [5, 5.41) is 11.6. The van der Waals surface area contributed by atoms with Crippen molar-refractivity contribution in [2.24, 2.45) is 11.8 Å².